The first-order valence-electron chi connectivity index (χ1n) is 9.88. The molecule has 0 saturated heterocycles. The molecule has 1 N–H and O–H groups in total. The predicted octanol–water partition coefficient (Wildman–Crippen LogP) is 2.75. The monoisotopic (exact) mass is 468 g/mol. The summed E-state index contributed by atoms with van der Waals surface area (Å²) in [5, 5.41) is 3.89. The van der Waals surface area contributed by atoms with E-state index in [0.717, 1.165) is 9.87 Å². The number of aromatic nitrogens is 1. The quantitative estimate of drug-likeness (QED) is 0.382. The fraction of sp³-hybridized carbons (Fsp3) is 0.174. The molecule has 0 fully saturated rings. The van der Waals surface area contributed by atoms with Crippen molar-refractivity contribution in [1.29, 1.82) is 0 Å². The van der Waals surface area contributed by atoms with Gasteiger partial charge in [-0.25, -0.2) is 13.8 Å². The highest BCUT2D eigenvalue weighted by atomic mass is 32.2. The first-order valence-corrected chi connectivity index (χ1v) is 11.3. The van der Waals surface area contributed by atoms with Crippen LogP contribution in [0.5, 0.6) is 11.5 Å². The van der Waals surface area contributed by atoms with Crippen LogP contribution >= 0.6 is 0 Å². The van der Waals surface area contributed by atoms with Crippen molar-refractivity contribution in [2.75, 3.05) is 25.1 Å². The van der Waals surface area contributed by atoms with Crippen LogP contribution in [0.4, 0.5) is 5.69 Å². The first-order chi connectivity index (χ1) is 15.8. The lowest BCUT2D eigenvalue weighted by molar-refractivity contribution is -0.119. The predicted molar refractivity (Wildman–Crippen MR) is 125 cm³/mol. The maximum absolute atomic E-state index is 13.5. The summed E-state index contributed by atoms with van der Waals surface area (Å²) in [5.41, 5.74) is 4.19. The third-order valence-electron chi connectivity index (χ3n) is 4.64. The van der Waals surface area contributed by atoms with Crippen LogP contribution < -0.4 is 19.2 Å². The molecule has 1 heterocycles. The van der Waals surface area contributed by atoms with Crippen molar-refractivity contribution >= 4 is 27.8 Å². The molecule has 33 heavy (non-hydrogen) atoms. The van der Waals surface area contributed by atoms with Crippen LogP contribution in [0.1, 0.15) is 11.1 Å². The molecule has 0 spiro atoms. The molecule has 0 aliphatic heterocycles. The third-order valence-corrected chi connectivity index (χ3v) is 6.43. The lowest BCUT2D eigenvalue weighted by atomic mass is 10.2. The number of carbonyl (C=O) groups excluding carboxylic acids is 1. The zero-order chi connectivity index (χ0) is 23.8. The molecule has 1 aromatic heterocycles. The summed E-state index contributed by atoms with van der Waals surface area (Å²) < 4.78 is 38.4. The molecule has 0 saturated carbocycles. The number of anilines is 1. The Bertz CT molecular complexity index is 1230. The molecule has 0 aliphatic carbocycles. The van der Waals surface area contributed by atoms with E-state index in [2.05, 4.69) is 15.5 Å². The number of ether oxygens (including phenoxy) is 2. The number of carbonyl (C=O) groups is 1. The Balaban J connectivity index is 1.92. The van der Waals surface area contributed by atoms with Crippen molar-refractivity contribution in [2.24, 2.45) is 5.10 Å². The van der Waals surface area contributed by atoms with Gasteiger partial charge in [0.1, 0.15) is 6.54 Å². The second kappa shape index (κ2) is 10.6. The SMILES string of the molecule is COc1ccc(N(CC(=O)N/N=C\c2cccnc2)S(=O)(=O)c2ccc(C)cc2)cc1OC. The Kier molecular flexibility index (Phi) is 7.62. The van der Waals surface area contributed by atoms with E-state index in [-0.39, 0.29) is 10.6 Å². The number of nitrogens with one attached hydrogen (secondary N) is 1. The number of pyridine rings is 1. The van der Waals surface area contributed by atoms with Gasteiger partial charge in [0.25, 0.3) is 15.9 Å². The molecule has 3 rings (SSSR count). The molecule has 9 nitrogen and oxygen atoms in total. The number of hydrazone groups is 1. The van der Waals surface area contributed by atoms with Crippen molar-refractivity contribution in [3.8, 4) is 11.5 Å². The molecule has 3 aromatic rings. The van der Waals surface area contributed by atoms with E-state index in [1.165, 1.54) is 38.6 Å². The van der Waals surface area contributed by atoms with Crippen LogP contribution in [-0.2, 0) is 14.8 Å². The van der Waals surface area contributed by atoms with Crippen molar-refractivity contribution in [3.05, 3.63) is 78.1 Å². The van der Waals surface area contributed by atoms with E-state index in [1.807, 2.05) is 6.92 Å². The van der Waals surface area contributed by atoms with Gasteiger partial charge >= 0.3 is 0 Å². The normalized spacial score (nSPS) is 11.2. The fourth-order valence-corrected chi connectivity index (χ4v) is 4.34. The molecule has 0 radical (unpaired) electrons. The number of nitrogens with zero attached hydrogens (tertiary/aromatic N) is 3. The summed E-state index contributed by atoms with van der Waals surface area (Å²) in [4.78, 5) is 16.6. The number of rotatable bonds is 9. The summed E-state index contributed by atoms with van der Waals surface area (Å²) in [6, 6.07) is 14.5. The number of benzene rings is 2. The number of hydrogen-bond acceptors (Lipinski definition) is 7. The summed E-state index contributed by atoms with van der Waals surface area (Å²) in [5.74, 6) is 0.134. The van der Waals surface area contributed by atoms with Gasteiger partial charge in [-0.3, -0.25) is 14.1 Å². The molecule has 172 valence electrons. The highest BCUT2D eigenvalue weighted by Gasteiger charge is 2.28. The number of methoxy groups -OCH3 is 2. The Morgan fingerprint density at radius 2 is 1.82 bits per heavy atom. The van der Waals surface area contributed by atoms with Gasteiger partial charge in [0.05, 0.1) is 31.0 Å². The van der Waals surface area contributed by atoms with Crippen molar-refractivity contribution in [2.45, 2.75) is 11.8 Å². The standard InChI is InChI=1S/C23H24N4O5S/c1-17-6-9-20(10-7-17)33(29,30)27(19-8-11-21(31-2)22(13-19)32-3)16-23(28)26-25-15-18-5-4-12-24-14-18/h4-15H,16H2,1-3H3,(H,26,28)/b25-15-. The maximum atomic E-state index is 13.5. The Morgan fingerprint density at radius 1 is 1.09 bits per heavy atom. The average molecular weight is 469 g/mol. The lowest BCUT2D eigenvalue weighted by Gasteiger charge is -2.24. The minimum Gasteiger partial charge on any atom is -0.493 e. The van der Waals surface area contributed by atoms with Gasteiger partial charge in [0, 0.05) is 24.0 Å². The number of sulfonamides is 1. The van der Waals surface area contributed by atoms with Gasteiger partial charge in [-0.15, -0.1) is 0 Å². The number of aryl methyl sites for hydroxylation is 1. The molecule has 10 heteroatoms. The minimum atomic E-state index is -4.07. The van der Waals surface area contributed by atoms with Crippen molar-refractivity contribution in [3.63, 3.8) is 0 Å². The van der Waals surface area contributed by atoms with E-state index in [4.69, 9.17) is 9.47 Å². The van der Waals surface area contributed by atoms with Gasteiger partial charge < -0.3 is 9.47 Å². The molecular weight excluding hydrogens is 444 g/mol. The minimum absolute atomic E-state index is 0.0505. The topological polar surface area (TPSA) is 110 Å². The first kappa shape index (κ1) is 23.7. The highest BCUT2D eigenvalue weighted by molar-refractivity contribution is 7.92. The van der Waals surface area contributed by atoms with E-state index in [1.54, 1.807) is 48.8 Å². The number of hydrogen-bond donors (Lipinski definition) is 1. The molecule has 1 amide bonds. The van der Waals surface area contributed by atoms with E-state index in [0.29, 0.717) is 17.1 Å². The van der Waals surface area contributed by atoms with Gasteiger partial charge in [0.15, 0.2) is 11.5 Å². The fourth-order valence-electron chi connectivity index (χ4n) is 2.93. The molecule has 0 unspecified atom stereocenters. The van der Waals surface area contributed by atoms with Gasteiger partial charge in [-0.1, -0.05) is 23.8 Å². The van der Waals surface area contributed by atoms with Crippen LogP contribution in [0.15, 0.2) is 77.0 Å². The summed E-state index contributed by atoms with van der Waals surface area (Å²) >= 11 is 0. The van der Waals surface area contributed by atoms with Crippen LogP contribution in [0, 0.1) is 6.92 Å². The molecule has 0 aliphatic rings. The van der Waals surface area contributed by atoms with Gasteiger partial charge in [-0.05, 0) is 37.3 Å². The van der Waals surface area contributed by atoms with Crippen molar-refractivity contribution < 1.29 is 22.7 Å². The van der Waals surface area contributed by atoms with Crippen molar-refractivity contribution in [1.82, 2.24) is 10.4 Å². The van der Waals surface area contributed by atoms with E-state index < -0.39 is 22.5 Å². The van der Waals surface area contributed by atoms with Gasteiger partial charge in [0.2, 0.25) is 0 Å². The second-order valence-corrected chi connectivity index (χ2v) is 8.81. The second-order valence-electron chi connectivity index (χ2n) is 6.94. The van der Waals surface area contributed by atoms with E-state index >= 15 is 0 Å². The average Bonchev–Trinajstić information content (AvgIpc) is 2.83. The Labute approximate surface area is 192 Å². The summed E-state index contributed by atoms with van der Waals surface area (Å²) in [6.45, 7) is 1.35. The smallest absolute Gasteiger partial charge is 0.264 e. The zero-order valence-corrected chi connectivity index (χ0v) is 19.2. The maximum Gasteiger partial charge on any atom is 0.264 e. The van der Waals surface area contributed by atoms with Crippen LogP contribution in [0.3, 0.4) is 0 Å². The molecule has 0 atom stereocenters. The lowest BCUT2D eigenvalue weighted by Crippen LogP contribution is -2.39. The van der Waals surface area contributed by atoms with Gasteiger partial charge in [-0.2, -0.15) is 5.10 Å². The summed E-state index contributed by atoms with van der Waals surface area (Å²) in [7, 11) is -1.15. The van der Waals surface area contributed by atoms with E-state index in [9.17, 15) is 13.2 Å². The van der Waals surface area contributed by atoms with Crippen LogP contribution in [0.2, 0.25) is 0 Å². The molecule has 0 bridgehead atoms. The highest BCUT2D eigenvalue weighted by Crippen LogP contribution is 2.33. The third kappa shape index (κ3) is 5.86. The van der Waals surface area contributed by atoms with Crippen LogP contribution in [-0.4, -0.2) is 46.3 Å². The summed E-state index contributed by atoms with van der Waals surface area (Å²) in [6.07, 6.45) is 4.61. The Hall–Kier alpha value is -3.92. The molecular formula is C23H24N4O5S. The zero-order valence-electron chi connectivity index (χ0n) is 18.4. The van der Waals surface area contributed by atoms with Crippen LogP contribution in [0.25, 0.3) is 0 Å². The Morgan fingerprint density at radius 3 is 2.45 bits per heavy atom. The largest absolute Gasteiger partial charge is 0.493 e. The number of amides is 1. The molecule has 2 aromatic carbocycles.